The van der Waals surface area contributed by atoms with Crippen molar-refractivity contribution in [1.82, 2.24) is 4.37 Å². The molecule has 0 saturated carbocycles. The second-order valence-corrected chi connectivity index (χ2v) is 5.91. The highest BCUT2D eigenvalue weighted by Gasteiger charge is 2.16. The fourth-order valence-electron chi connectivity index (χ4n) is 1.28. The highest BCUT2D eigenvalue weighted by molar-refractivity contribution is 9.10. The molecule has 0 bridgehead atoms. The van der Waals surface area contributed by atoms with Gasteiger partial charge in [0.25, 0.3) is 5.91 Å². The van der Waals surface area contributed by atoms with Crippen molar-refractivity contribution in [2.24, 2.45) is 5.73 Å². The molecule has 0 saturated heterocycles. The van der Waals surface area contributed by atoms with Gasteiger partial charge >= 0.3 is 0 Å². The number of rotatable bonds is 4. The average Bonchev–Trinajstić information content (AvgIpc) is 2.82. The molecule has 2 aromatic heterocycles. The summed E-state index contributed by atoms with van der Waals surface area (Å²) in [5, 5.41) is 5.71. The minimum absolute atomic E-state index is 0.178. The van der Waals surface area contributed by atoms with Crippen LogP contribution in [0.3, 0.4) is 0 Å². The molecule has 5 N–H and O–H groups in total. The maximum atomic E-state index is 11.2. The SMILES string of the molecule is NC(=O)c1c(N)nsc1NCc1cc(Br)cs1. The quantitative estimate of drug-likeness (QED) is 0.800. The van der Waals surface area contributed by atoms with Crippen LogP contribution in [0.25, 0.3) is 0 Å². The number of carbonyl (C=O) groups excluding carboxylic acids is 1. The predicted molar refractivity (Wildman–Crippen MR) is 74.4 cm³/mol. The fraction of sp³-hybridized carbons (Fsp3) is 0.111. The van der Waals surface area contributed by atoms with Crippen molar-refractivity contribution in [3.8, 4) is 0 Å². The van der Waals surface area contributed by atoms with Crippen LogP contribution in [0.1, 0.15) is 15.2 Å². The Kier molecular flexibility index (Phi) is 3.65. The Morgan fingerprint density at radius 2 is 2.35 bits per heavy atom. The Morgan fingerprint density at radius 3 is 2.94 bits per heavy atom. The molecule has 8 heteroatoms. The number of thiophene rings is 1. The predicted octanol–water partition coefficient (Wildman–Crippen LogP) is 2.26. The van der Waals surface area contributed by atoms with Gasteiger partial charge in [-0.05, 0) is 33.5 Å². The standard InChI is InChI=1S/C9H9BrN4OS2/c10-4-1-5(16-3-4)2-13-9-6(8(12)15)7(11)14-17-9/h1,3,13H,2H2,(H2,11,14)(H2,12,15). The lowest BCUT2D eigenvalue weighted by Crippen LogP contribution is -2.14. The molecule has 0 aliphatic rings. The van der Waals surface area contributed by atoms with Crippen molar-refractivity contribution >= 4 is 55.5 Å². The van der Waals surface area contributed by atoms with E-state index >= 15 is 0 Å². The first kappa shape index (κ1) is 12.3. The van der Waals surface area contributed by atoms with Crippen LogP contribution in [0.2, 0.25) is 0 Å². The van der Waals surface area contributed by atoms with E-state index in [1.807, 2.05) is 11.4 Å². The Labute approximate surface area is 114 Å². The highest BCUT2D eigenvalue weighted by atomic mass is 79.9. The van der Waals surface area contributed by atoms with Gasteiger partial charge in [0.05, 0.1) is 6.54 Å². The lowest BCUT2D eigenvalue weighted by molar-refractivity contribution is 0.100. The van der Waals surface area contributed by atoms with E-state index in [-0.39, 0.29) is 11.4 Å². The van der Waals surface area contributed by atoms with Crippen molar-refractivity contribution < 1.29 is 4.79 Å². The Morgan fingerprint density at radius 1 is 1.59 bits per heavy atom. The summed E-state index contributed by atoms with van der Waals surface area (Å²) in [6, 6.07) is 2.01. The summed E-state index contributed by atoms with van der Waals surface area (Å²) in [4.78, 5) is 12.3. The molecule has 0 fully saturated rings. The zero-order valence-corrected chi connectivity index (χ0v) is 11.8. The van der Waals surface area contributed by atoms with Crippen LogP contribution < -0.4 is 16.8 Å². The number of anilines is 2. The van der Waals surface area contributed by atoms with Crippen LogP contribution in [0.4, 0.5) is 10.8 Å². The average molecular weight is 333 g/mol. The van der Waals surface area contributed by atoms with Crippen molar-refractivity contribution in [1.29, 1.82) is 0 Å². The summed E-state index contributed by atoms with van der Waals surface area (Å²) in [5.74, 6) is -0.386. The number of nitrogen functional groups attached to an aromatic ring is 1. The topological polar surface area (TPSA) is 94.0 Å². The maximum Gasteiger partial charge on any atom is 0.255 e. The number of aromatic nitrogens is 1. The van der Waals surface area contributed by atoms with Gasteiger partial charge in [0.1, 0.15) is 10.6 Å². The van der Waals surface area contributed by atoms with E-state index in [4.69, 9.17) is 11.5 Å². The molecule has 17 heavy (non-hydrogen) atoms. The molecule has 0 aliphatic heterocycles. The molecule has 5 nitrogen and oxygen atoms in total. The van der Waals surface area contributed by atoms with Gasteiger partial charge in [0.15, 0.2) is 5.82 Å². The van der Waals surface area contributed by atoms with E-state index in [0.29, 0.717) is 11.5 Å². The van der Waals surface area contributed by atoms with Gasteiger partial charge in [-0.25, -0.2) is 0 Å². The van der Waals surface area contributed by atoms with E-state index in [1.165, 1.54) is 0 Å². The minimum Gasteiger partial charge on any atom is -0.382 e. The number of nitrogens with zero attached hydrogens (tertiary/aromatic N) is 1. The second-order valence-electron chi connectivity index (χ2n) is 3.22. The molecule has 2 aromatic rings. The van der Waals surface area contributed by atoms with Crippen LogP contribution in [-0.4, -0.2) is 10.3 Å². The zero-order chi connectivity index (χ0) is 12.4. The number of carbonyl (C=O) groups is 1. The van der Waals surface area contributed by atoms with Crippen molar-refractivity contribution in [2.75, 3.05) is 11.1 Å². The van der Waals surface area contributed by atoms with Crippen LogP contribution in [0.5, 0.6) is 0 Å². The van der Waals surface area contributed by atoms with Gasteiger partial charge in [-0.15, -0.1) is 11.3 Å². The number of hydrogen-bond donors (Lipinski definition) is 3. The number of halogens is 1. The number of amides is 1. The van der Waals surface area contributed by atoms with Gasteiger partial charge in [-0.3, -0.25) is 4.79 Å². The van der Waals surface area contributed by atoms with Crippen molar-refractivity contribution in [2.45, 2.75) is 6.54 Å². The highest BCUT2D eigenvalue weighted by Crippen LogP contribution is 2.27. The van der Waals surface area contributed by atoms with Crippen molar-refractivity contribution in [3.05, 3.63) is 26.4 Å². The maximum absolute atomic E-state index is 11.2. The summed E-state index contributed by atoms with van der Waals surface area (Å²) in [6.07, 6.45) is 0. The molecule has 2 rings (SSSR count). The van der Waals surface area contributed by atoms with Gasteiger partial charge in [0, 0.05) is 14.7 Å². The van der Waals surface area contributed by atoms with Crippen molar-refractivity contribution in [3.63, 3.8) is 0 Å². The molecular weight excluding hydrogens is 324 g/mol. The van der Waals surface area contributed by atoms with E-state index < -0.39 is 5.91 Å². The van der Waals surface area contributed by atoms with E-state index in [2.05, 4.69) is 25.6 Å². The molecular formula is C9H9BrN4OS2. The molecule has 0 aliphatic carbocycles. The summed E-state index contributed by atoms with van der Waals surface area (Å²) in [5.41, 5.74) is 11.1. The monoisotopic (exact) mass is 332 g/mol. The molecule has 0 unspecified atom stereocenters. The molecule has 90 valence electrons. The molecule has 0 spiro atoms. The molecule has 1 amide bonds. The number of nitrogens with one attached hydrogen (secondary N) is 1. The second kappa shape index (κ2) is 5.03. The van der Waals surface area contributed by atoms with Crippen LogP contribution in [0, 0.1) is 0 Å². The first-order valence-corrected chi connectivity index (χ1v) is 7.04. The first-order valence-electron chi connectivity index (χ1n) is 4.59. The fourth-order valence-corrected chi connectivity index (χ4v) is 3.38. The third-order valence-corrected chi connectivity index (χ3v) is 4.53. The third kappa shape index (κ3) is 2.76. The summed E-state index contributed by atoms with van der Waals surface area (Å²) in [7, 11) is 0. The smallest absolute Gasteiger partial charge is 0.255 e. The first-order chi connectivity index (χ1) is 8.08. The largest absolute Gasteiger partial charge is 0.382 e. The number of nitrogens with two attached hydrogens (primary N) is 2. The number of hydrogen-bond acceptors (Lipinski definition) is 6. The normalized spacial score (nSPS) is 10.4. The summed E-state index contributed by atoms with van der Waals surface area (Å²) >= 11 is 6.13. The molecule has 0 aromatic carbocycles. The van der Waals surface area contributed by atoms with Gasteiger partial charge in [-0.1, -0.05) is 0 Å². The Balaban J connectivity index is 2.11. The van der Waals surface area contributed by atoms with E-state index in [9.17, 15) is 4.79 Å². The van der Waals surface area contributed by atoms with Gasteiger partial charge < -0.3 is 16.8 Å². The molecule has 0 atom stereocenters. The minimum atomic E-state index is -0.564. The lowest BCUT2D eigenvalue weighted by Gasteiger charge is -2.02. The van der Waals surface area contributed by atoms with Crippen LogP contribution in [-0.2, 0) is 6.54 Å². The van der Waals surface area contributed by atoms with E-state index in [0.717, 1.165) is 20.9 Å². The lowest BCUT2D eigenvalue weighted by atomic mass is 10.3. The molecule has 0 radical (unpaired) electrons. The van der Waals surface area contributed by atoms with E-state index in [1.54, 1.807) is 11.3 Å². The zero-order valence-electron chi connectivity index (χ0n) is 8.57. The Bertz CT molecular complexity index is 551. The molecule has 2 heterocycles. The van der Waals surface area contributed by atoms with Gasteiger partial charge in [-0.2, -0.15) is 4.37 Å². The Hall–Kier alpha value is -1.12. The summed E-state index contributed by atoms with van der Waals surface area (Å²) in [6.45, 7) is 0.609. The van der Waals surface area contributed by atoms with Crippen LogP contribution >= 0.6 is 38.8 Å². The van der Waals surface area contributed by atoms with Crippen LogP contribution in [0.15, 0.2) is 15.9 Å². The third-order valence-electron chi connectivity index (χ3n) is 2.01. The number of primary amides is 1. The summed E-state index contributed by atoms with van der Waals surface area (Å²) < 4.78 is 4.95. The van der Waals surface area contributed by atoms with Gasteiger partial charge in [0.2, 0.25) is 0 Å².